The van der Waals surface area contributed by atoms with Gasteiger partial charge in [0.1, 0.15) is 5.82 Å². The Hall–Kier alpha value is -2.37. The third-order valence-electron chi connectivity index (χ3n) is 5.45. The zero-order valence-electron chi connectivity index (χ0n) is 16.0. The van der Waals surface area contributed by atoms with Crippen LogP contribution in [0.2, 0.25) is 0 Å². The van der Waals surface area contributed by atoms with Crippen molar-refractivity contribution >= 4 is 16.6 Å². The second-order valence-corrected chi connectivity index (χ2v) is 7.15. The molecule has 0 amide bonds. The number of aryl methyl sites for hydroxylation is 1. The van der Waals surface area contributed by atoms with Gasteiger partial charge in [-0.05, 0) is 42.8 Å². The van der Waals surface area contributed by atoms with Crippen LogP contribution in [-0.2, 0) is 4.74 Å². The predicted octanol–water partition coefficient (Wildman–Crippen LogP) is 3.85. The van der Waals surface area contributed by atoms with Crippen LogP contribution >= 0.6 is 0 Å². The highest BCUT2D eigenvalue weighted by atomic mass is 19.1. The Bertz CT molecular complexity index is 928. The minimum absolute atomic E-state index is 0.169. The number of halogens is 1. The van der Waals surface area contributed by atoms with Crippen LogP contribution in [0, 0.1) is 12.7 Å². The SMILES string of the molecule is COCCN1CCN(c2cccc(-n3ccc4c(F)ccc(C)c43)c2)CC1. The summed E-state index contributed by atoms with van der Waals surface area (Å²) in [5.41, 5.74) is 4.30. The summed E-state index contributed by atoms with van der Waals surface area (Å²) in [6, 6.07) is 13.8. The zero-order chi connectivity index (χ0) is 18.8. The number of ether oxygens (including phenoxy) is 1. The predicted molar refractivity (Wildman–Crippen MR) is 108 cm³/mol. The number of nitrogens with zero attached hydrogens (tertiary/aromatic N) is 3. The molecule has 5 heteroatoms. The smallest absolute Gasteiger partial charge is 0.132 e. The van der Waals surface area contributed by atoms with Crippen LogP contribution in [-0.4, -0.2) is 55.9 Å². The fourth-order valence-corrected chi connectivity index (χ4v) is 3.90. The molecule has 1 aromatic heterocycles. The molecule has 0 radical (unpaired) electrons. The molecule has 3 aromatic rings. The van der Waals surface area contributed by atoms with Crippen LogP contribution in [0.5, 0.6) is 0 Å². The molecule has 4 rings (SSSR count). The Kier molecular flexibility index (Phi) is 5.14. The van der Waals surface area contributed by atoms with Gasteiger partial charge in [0.2, 0.25) is 0 Å². The maximum absolute atomic E-state index is 14.2. The normalized spacial score (nSPS) is 15.6. The first-order chi connectivity index (χ1) is 13.2. The Morgan fingerprint density at radius 3 is 2.56 bits per heavy atom. The van der Waals surface area contributed by atoms with Gasteiger partial charge in [-0.3, -0.25) is 4.90 Å². The lowest BCUT2D eigenvalue weighted by Crippen LogP contribution is -2.47. The Labute approximate surface area is 159 Å². The number of fused-ring (bicyclic) bond motifs is 1. The van der Waals surface area contributed by atoms with E-state index in [1.807, 2.05) is 25.3 Å². The molecule has 0 aliphatic carbocycles. The fraction of sp³-hybridized carbons (Fsp3) is 0.364. The van der Waals surface area contributed by atoms with Crippen LogP contribution in [0.25, 0.3) is 16.6 Å². The van der Waals surface area contributed by atoms with Gasteiger partial charge in [0.15, 0.2) is 0 Å². The highest BCUT2D eigenvalue weighted by molar-refractivity contribution is 5.85. The van der Waals surface area contributed by atoms with Crippen molar-refractivity contribution in [2.24, 2.45) is 0 Å². The molecule has 1 aliphatic rings. The molecule has 1 aliphatic heterocycles. The van der Waals surface area contributed by atoms with Crippen molar-refractivity contribution in [1.29, 1.82) is 0 Å². The van der Waals surface area contributed by atoms with Gasteiger partial charge in [-0.25, -0.2) is 4.39 Å². The van der Waals surface area contributed by atoms with Crippen LogP contribution in [0.15, 0.2) is 48.7 Å². The average molecular weight is 367 g/mol. The quantitative estimate of drug-likeness (QED) is 0.683. The number of aromatic nitrogens is 1. The first-order valence-corrected chi connectivity index (χ1v) is 9.50. The van der Waals surface area contributed by atoms with Crippen molar-refractivity contribution in [3.05, 3.63) is 60.0 Å². The van der Waals surface area contributed by atoms with Gasteiger partial charge < -0.3 is 14.2 Å². The molecule has 1 fully saturated rings. The van der Waals surface area contributed by atoms with Gasteiger partial charge in [0.05, 0.1) is 12.1 Å². The number of hydrogen-bond acceptors (Lipinski definition) is 3. The van der Waals surface area contributed by atoms with E-state index in [2.05, 4.69) is 38.6 Å². The molecular formula is C22H26FN3O. The molecule has 142 valence electrons. The molecule has 0 N–H and O–H groups in total. The summed E-state index contributed by atoms with van der Waals surface area (Å²) >= 11 is 0. The van der Waals surface area contributed by atoms with Crippen molar-refractivity contribution in [2.75, 3.05) is 51.3 Å². The first kappa shape index (κ1) is 18.0. The Morgan fingerprint density at radius 2 is 1.78 bits per heavy atom. The van der Waals surface area contributed by atoms with Gasteiger partial charge in [0.25, 0.3) is 0 Å². The molecule has 0 saturated carbocycles. The number of hydrogen-bond donors (Lipinski definition) is 0. The highest BCUT2D eigenvalue weighted by Crippen LogP contribution is 2.28. The third-order valence-corrected chi connectivity index (χ3v) is 5.45. The molecule has 4 nitrogen and oxygen atoms in total. The molecule has 0 atom stereocenters. The van der Waals surface area contributed by atoms with Crippen molar-refractivity contribution in [3.8, 4) is 5.69 Å². The van der Waals surface area contributed by atoms with E-state index in [9.17, 15) is 4.39 Å². The van der Waals surface area contributed by atoms with Gasteiger partial charge in [-0.15, -0.1) is 0 Å². The molecule has 0 spiro atoms. The summed E-state index contributed by atoms with van der Waals surface area (Å²) in [5, 5.41) is 0.673. The third kappa shape index (κ3) is 3.57. The van der Waals surface area contributed by atoms with Crippen LogP contribution < -0.4 is 4.90 Å². The lowest BCUT2D eigenvalue weighted by Gasteiger charge is -2.36. The van der Waals surface area contributed by atoms with Crippen molar-refractivity contribution in [1.82, 2.24) is 9.47 Å². The van der Waals surface area contributed by atoms with Gasteiger partial charge in [-0.1, -0.05) is 12.1 Å². The van der Waals surface area contributed by atoms with E-state index in [1.54, 1.807) is 13.2 Å². The number of benzene rings is 2. The summed E-state index contributed by atoms with van der Waals surface area (Å²) in [4.78, 5) is 4.86. The summed E-state index contributed by atoms with van der Waals surface area (Å²) in [7, 11) is 1.75. The summed E-state index contributed by atoms with van der Waals surface area (Å²) in [6.07, 6.45) is 1.96. The largest absolute Gasteiger partial charge is 0.383 e. The lowest BCUT2D eigenvalue weighted by molar-refractivity contribution is 0.144. The molecule has 27 heavy (non-hydrogen) atoms. The second kappa shape index (κ2) is 7.71. The van der Waals surface area contributed by atoms with E-state index in [4.69, 9.17) is 4.74 Å². The molecule has 0 bridgehead atoms. The van der Waals surface area contributed by atoms with Crippen LogP contribution in [0.3, 0.4) is 0 Å². The monoisotopic (exact) mass is 367 g/mol. The van der Waals surface area contributed by atoms with E-state index in [-0.39, 0.29) is 5.82 Å². The Morgan fingerprint density at radius 1 is 1.00 bits per heavy atom. The number of rotatable bonds is 5. The molecule has 0 unspecified atom stereocenters. The molecule has 1 saturated heterocycles. The minimum atomic E-state index is -0.169. The van der Waals surface area contributed by atoms with Gasteiger partial charge in [-0.2, -0.15) is 0 Å². The fourth-order valence-electron chi connectivity index (χ4n) is 3.90. The number of piperazine rings is 1. The van der Waals surface area contributed by atoms with E-state index in [1.165, 1.54) is 5.69 Å². The molecule has 2 heterocycles. The lowest BCUT2D eigenvalue weighted by atomic mass is 10.1. The summed E-state index contributed by atoms with van der Waals surface area (Å²) < 4.78 is 21.4. The average Bonchev–Trinajstić information content (AvgIpc) is 3.16. The number of methoxy groups -OCH3 is 1. The van der Waals surface area contributed by atoms with Gasteiger partial charge >= 0.3 is 0 Å². The van der Waals surface area contributed by atoms with E-state index in [0.29, 0.717) is 5.39 Å². The Balaban J connectivity index is 1.58. The number of anilines is 1. The van der Waals surface area contributed by atoms with Crippen molar-refractivity contribution < 1.29 is 9.13 Å². The van der Waals surface area contributed by atoms with Crippen LogP contribution in [0.4, 0.5) is 10.1 Å². The molecular weight excluding hydrogens is 341 g/mol. The van der Waals surface area contributed by atoms with E-state index in [0.717, 1.165) is 56.1 Å². The maximum atomic E-state index is 14.2. The minimum Gasteiger partial charge on any atom is -0.383 e. The van der Waals surface area contributed by atoms with E-state index >= 15 is 0 Å². The van der Waals surface area contributed by atoms with Crippen molar-refractivity contribution in [3.63, 3.8) is 0 Å². The summed E-state index contributed by atoms with van der Waals surface area (Å²) in [5.74, 6) is -0.169. The van der Waals surface area contributed by atoms with E-state index < -0.39 is 0 Å². The van der Waals surface area contributed by atoms with Gasteiger partial charge in [0, 0.05) is 62.8 Å². The first-order valence-electron chi connectivity index (χ1n) is 9.50. The second-order valence-electron chi connectivity index (χ2n) is 7.15. The maximum Gasteiger partial charge on any atom is 0.132 e. The standard InChI is InChI=1S/C22H26FN3O/c1-17-6-7-21(23)20-8-9-26(22(17)20)19-5-3-4-18(16-19)25-12-10-24(11-13-25)14-15-27-2/h3-9,16H,10-15H2,1-2H3. The van der Waals surface area contributed by atoms with Crippen LogP contribution in [0.1, 0.15) is 5.56 Å². The molecule has 2 aromatic carbocycles. The highest BCUT2D eigenvalue weighted by Gasteiger charge is 2.17. The topological polar surface area (TPSA) is 20.6 Å². The zero-order valence-corrected chi connectivity index (χ0v) is 16.0. The summed E-state index contributed by atoms with van der Waals surface area (Å²) in [6.45, 7) is 7.91. The van der Waals surface area contributed by atoms with Crippen molar-refractivity contribution in [2.45, 2.75) is 6.92 Å².